The fourth-order valence-electron chi connectivity index (χ4n) is 3.51. The normalized spacial score (nSPS) is 17.2. The summed E-state index contributed by atoms with van der Waals surface area (Å²) in [5.74, 6) is 0.783. The third-order valence-corrected chi connectivity index (χ3v) is 4.95. The summed E-state index contributed by atoms with van der Waals surface area (Å²) >= 11 is 0. The molecule has 1 aliphatic heterocycles. The van der Waals surface area contributed by atoms with Crippen LogP contribution in [0.2, 0.25) is 0 Å². The van der Waals surface area contributed by atoms with Crippen molar-refractivity contribution in [3.63, 3.8) is 0 Å². The Labute approximate surface area is 133 Å². The molecule has 0 radical (unpaired) electrons. The monoisotopic (exact) mass is 301 g/mol. The van der Waals surface area contributed by atoms with Gasteiger partial charge in [0.2, 0.25) is 0 Å². The second-order valence-corrected chi connectivity index (χ2v) is 6.44. The number of imidazole rings is 1. The number of nitrogens with zero attached hydrogens (tertiary/aromatic N) is 5. The summed E-state index contributed by atoms with van der Waals surface area (Å²) in [6.07, 6.45) is 8.42. The molecule has 0 amide bonds. The van der Waals surface area contributed by atoms with Crippen LogP contribution in [-0.4, -0.2) is 37.3 Å². The molecule has 0 atom stereocenters. The lowest BCUT2D eigenvalue weighted by molar-refractivity contribution is 0.166. The highest BCUT2D eigenvalue weighted by Crippen LogP contribution is 2.22. The lowest BCUT2D eigenvalue weighted by Crippen LogP contribution is -2.34. The second kappa shape index (κ2) is 6.65. The van der Waals surface area contributed by atoms with E-state index in [1.54, 1.807) is 0 Å². The van der Waals surface area contributed by atoms with Gasteiger partial charge in [-0.2, -0.15) is 5.10 Å². The van der Waals surface area contributed by atoms with Crippen LogP contribution in [0.15, 0.2) is 18.7 Å². The molecule has 120 valence electrons. The van der Waals surface area contributed by atoms with E-state index in [0.29, 0.717) is 0 Å². The molecule has 5 nitrogen and oxygen atoms in total. The number of hydrogen-bond donors (Lipinski definition) is 0. The molecule has 0 bridgehead atoms. The minimum atomic E-state index is 0.783. The van der Waals surface area contributed by atoms with Crippen molar-refractivity contribution in [3.05, 3.63) is 35.7 Å². The van der Waals surface area contributed by atoms with Gasteiger partial charge in [0.1, 0.15) is 0 Å². The maximum atomic E-state index is 4.64. The molecule has 22 heavy (non-hydrogen) atoms. The molecule has 0 aliphatic carbocycles. The highest BCUT2D eigenvalue weighted by Gasteiger charge is 2.21. The van der Waals surface area contributed by atoms with Gasteiger partial charge in [0.25, 0.3) is 0 Å². The Morgan fingerprint density at radius 2 is 2.00 bits per heavy atom. The molecule has 2 aromatic rings. The van der Waals surface area contributed by atoms with Gasteiger partial charge in [-0.3, -0.25) is 9.58 Å². The Bertz CT molecular complexity index is 591. The Kier molecular flexibility index (Phi) is 4.62. The van der Waals surface area contributed by atoms with Crippen molar-refractivity contribution in [2.45, 2.75) is 53.2 Å². The zero-order valence-electron chi connectivity index (χ0n) is 14.0. The largest absolute Gasteiger partial charge is 0.337 e. The van der Waals surface area contributed by atoms with Gasteiger partial charge in [0, 0.05) is 43.3 Å². The number of likely N-dealkylation sites (tertiary alicyclic amines) is 1. The van der Waals surface area contributed by atoms with Crippen LogP contribution in [0.3, 0.4) is 0 Å². The van der Waals surface area contributed by atoms with Gasteiger partial charge >= 0.3 is 0 Å². The summed E-state index contributed by atoms with van der Waals surface area (Å²) in [5, 5.41) is 4.64. The molecule has 3 rings (SSSR count). The van der Waals surface area contributed by atoms with Crippen molar-refractivity contribution in [3.8, 4) is 0 Å². The average molecular weight is 301 g/mol. The molecule has 0 saturated carbocycles. The first-order valence-corrected chi connectivity index (χ1v) is 8.38. The molecule has 3 heterocycles. The first-order valence-electron chi connectivity index (χ1n) is 8.38. The predicted octanol–water partition coefficient (Wildman–Crippen LogP) is 2.63. The van der Waals surface area contributed by atoms with Crippen LogP contribution in [0.5, 0.6) is 0 Å². The molecule has 1 saturated heterocycles. The lowest BCUT2D eigenvalue weighted by Gasteiger charge is -2.32. The number of piperidine rings is 1. The van der Waals surface area contributed by atoms with Crippen molar-refractivity contribution in [1.82, 2.24) is 24.2 Å². The molecule has 0 spiro atoms. The maximum absolute atomic E-state index is 4.64. The van der Waals surface area contributed by atoms with E-state index in [4.69, 9.17) is 0 Å². The predicted molar refractivity (Wildman–Crippen MR) is 87.6 cm³/mol. The summed E-state index contributed by atoms with van der Waals surface area (Å²) in [4.78, 5) is 6.72. The Balaban J connectivity index is 1.55. The van der Waals surface area contributed by atoms with Crippen molar-refractivity contribution in [2.24, 2.45) is 5.92 Å². The third kappa shape index (κ3) is 3.24. The zero-order valence-corrected chi connectivity index (χ0v) is 14.0. The molecule has 2 aromatic heterocycles. The van der Waals surface area contributed by atoms with Crippen LogP contribution in [0, 0.1) is 19.8 Å². The van der Waals surface area contributed by atoms with Crippen molar-refractivity contribution < 1.29 is 0 Å². The fourth-order valence-corrected chi connectivity index (χ4v) is 3.51. The quantitative estimate of drug-likeness (QED) is 0.852. The third-order valence-electron chi connectivity index (χ3n) is 4.95. The highest BCUT2D eigenvalue weighted by atomic mass is 15.3. The second-order valence-electron chi connectivity index (χ2n) is 6.44. The van der Waals surface area contributed by atoms with Crippen molar-refractivity contribution in [1.29, 1.82) is 0 Å². The summed E-state index contributed by atoms with van der Waals surface area (Å²) in [7, 11) is 0. The van der Waals surface area contributed by atoms with Gasteiger partial charge < -0.3 is 4.57 Å². The number of hydrogen-bond acceptors (Lipinski definition) is 3. The topological polar surface area (TPSA) is 38.9 Å². The van der Waals surface area contributed by atoms with E-state index in [-0.39, 0.29) is 0 Å². The lowest BCUT2D eigenvalue weighted by atomic mass is 9.96. The standard InChI is InChI=1S/C17H27N5/c1-4-22-15(3)17(14(2)19-22)12-20-8-5-16(6-9-20)11-21-10-7-18-13-21/h7,10,13,16H,4-6,8-9,11-12H2,1-3H3. The van der Waals surface area contributed by atoms with Gasteiger partial charge in [-0.25, -0.2) is 4.98 Å². The Hall–Kier alpha value is -1.62. The van der Waals surface area contributed by atoms with E-state index in [9.17, 15) is 0 Å². The van der Waals surface area contributed by atoms with Gasteiger partial charge in [-0.05, 0) is 52.6 Å². The van der Waals surface area contributed by atoms with Crippen LogP contribution in [0.1, 0.15) is 36.7 Å². The smallest absolute Gasteiger partial charge is 0.0945 e. The first kappa shape index (κ1) is 15.3. The maximum Gasteiger partial charge on any atom is 0.0945 e. The van der Waals surface area contributed by atoms with Crippen LogP contribution >= 0.6 is 0 Å². The summed E-state index contributed by atoms with van der Waals surface area (Å²) in [6.45, 7) is 12.0. The minimum absolute atomic E-state index is 0.783. The van der Waals surface area contributed by atoms with Gasteiger partial charge in [-0.15, -0.1) is 0 Å². The van der Waals surface area contributed by atoms with Crippen LogP contribution in [0.4, 0.5) is 0 Å². The minimum Gasteiger partial charge on any atom is -0.337 e. The summed E-state index contributed by atoms with van der Waals surface area (Å²) in [6, 6.07) is 0. The molecular weight excluding hydrogens is 274 g/mol. The van der Waals surface area contributed by atoms with E-state index in [0.717, 1.165) is 25.6 Å². The van der Waals surface area contributed by atoms with Gasteiger partial charge in [0.05, 0.1) is 12.0 Å². The number of aryl methyl sites for hydroxylation is 2. The average Bonchev–Trinajstić information content (AvgIpc) is 3.12. The van der Waals surface area contributed by atoms with E-state index < -0.39 is 0 Å². The van der Waals surface area contributed by atoms with Crippen LogP contribution < -0.4 is 0 Å². The molecule has 1 fully saturated rings. The first-order chi connectivity index (χ1) is 10.7. The molecule has 5 heteroatoms. The number of aromatic nitrogens is 4. The van der Waals surface area contributed by atoms with Crippen molar-refractivity contribution in [2.75, 3.05) is 13.1 Å². The van der Waals surface area contributed by atoms with Crippen LogP contribution in [0.25, 0.3) is 0 Å². The van der Waals surface area contributed by atoms with E-state index >= 15 is 0 Å². The SMILES string of the molecule is CCn1nc(C)c(CN2CCC(Cn3ccnc3)CC2)c1C. The summed E-state index contributed by atoms with van der Waals surface area (Å²) < 4.78 is 4.33. The Morgan fingerprint density at radius 1 is 1.23 bits per heavy atom. The fraction of sp³-hybridized carbons (Fsp3) is 0.647. The van der Waals surface area contributed by atoms with E-state index in [1.807, 2.05) is 12.5 Å². The molecule has 0 unspecified atom stereocenters. The van der Waals surface area contributed by atoms with Gasteiger partial charge in [-0.1, -0.05) is 0 Å². The summed E-state index contributed by atoms with van der Waals surface area (Å²) in [5.41, 5.74) is 3.95. The molecule has 0 N–H and O–H groups in total. The van der Waals surface area contributed by atoms with Crippen LogP contribution in [-0.2, 0) is 19.6 Å². The van der Waals surface area contributed by atoms with E-state index in [2.05, 4.69) is 51.2 Å². The van der Waals surface area contributed by atoms with Crippen molar-refractivity contribution >= 4 is 0 Å². The highest BCUT2D eigenvalue weighted by molar-refractivity contribution is 5.24. The van der Waals surface area contributed by atoms with Gasteiger partial charge in [0.15, 0.2) is 0 Å². The number of rotatable bonds is 5. The zero-order chi connectivity index (χ0) is 15.5. The molecule has 0 aromatic carbocycles. The Morgan fingerprint density at radius 3 is 2.59 bits per heavy atom. The molecule has 1 aliphatic rings. The molecular formula is C17H27N5. The van der Waals surface area contributed by atoms with E-state index in [1.165, 1.54) is 42.9 Å².